The third kappa shape index (κ3) is 5.73. The van der Waals surface area contributed by atoms with Gasteiger partial charge in [0.2, 0.25) is 0 Å². The molecule has 5 heteroatoms. The number of hydrogen-bond acceptors (Lipinski definition) is 4. The van der Waals surface area contributed by atoms with Crippen LogP contribution in [0.25, 0.3) is 0 Å². The number of carboxylic acids is 1. The van der Waals surface area contributed by atoms with Crippen molar-refractivity contribution >= 4 is 35.1 Å². The molecule has 0 N–H and O–H groups in total. The molecule has 2 rings (SSSR count). The summed E-state index contributed by atoms with van der Waals surface area (Å²) in [4.78, 5) is 23.0. The second kappa shape index (κ2) is 8.75. The first-order valence-electron chi connectivity index (χ1n) is 7.21. The number of thioether (sulfide) groups is 1. The summed E-state index contributed by atoms with van der Waals surface area (Å²) in [6, 6.07) is 16.4. The summed E-state index contributed by atoms with van der Waals surface area (Å²) in [6.07, 6.45) is 0.284. The van der Waals surface area contributed by atoms with Gasteiger partial charge in [-0.1, -0.05) is 41.9 Å². The predicted octanol–water partition coefficient (Wildman–Crippen LogP) is 3.53. The SMILES string of the molecule is O=C([O-])CCS[C@H](CC(=O)c1ccc(Cl)cc1)c1ccccc1. The molecule has 120 valence electrons. The van der Waals surface area contributed by atoms with E-state index in [0.29, 0.717) is 22.8 Å². The molecular weight excluding hydrogens is 332 g/mol. The minimum atomic E-state index is -1.08. The second-order valence-corrected chi connectivity index (χ2v) is 6.77. The predicted molar refractivity (Wildman–Crippen MR) is 91.7 cm³/mol. The van der Waals surface area contributed by atoms with Crippen LogP contribution in [-0.4, -0.2) is 17.5 Å². The van der Waals surface area contributed by atoms with Gasteiger partial charge >= 0.3 is 0 Å². The number of carbonyl (C=O) groups excluding carboxylic acids is 2. The van der Waals surface area contributed by atoms with Gasteiger partial charge in [-0.25, -0.2) is 0 Å². The Bertz CT molecular complexity index is 656. The number of carboxylic acid groups (broad SMARTS) is 1. The number of carbonyl (C=O) groups is 2. The van der Waals surface area contributed by atoms with E-state index in [4.69, 9.17) is 11.6 Å². The van der Waals surface area contributed by atoms with E-state index in [0.717, 1.165) is 5.56 Å². The summed E-state index contributed by atoms with van der Waals surface area (Å²) in [5, 5.41) is 11.1. The Hall–Kier alpha value is -1.78. The van der Waals surface area contributed by atoms with Crippen molar-refractivity contribution in [2.45, 2.75) is 18.1 Å². The first-order chi connectivity index (χ1) is 11.1. The molecule has 0 radical (unpaired) electrons. The van der Waals surface area contributed by atoms with Crippen molar-refractivity contribution in [1.29, 1.82) is 0 Å². The zero-order chi connectivity index (χ0) is 16.7. The first-order valence-corrected chi connectivity index (χ1v) is 8.64. The molecule has 2 aromatic carbocycles. The Morgan fingerprint density at radius 1 is 1.04 bits per heavy atom. The largest absolute Gasteiger partial charge is 0.550 e. The molecule has 0 aromatic heterocycles. The topological polar surface area (TPSA) is 57.2 Å². The Kier molecular flexibility index (Phi) is 6.68. The standard InChI is InChI=1S/C18H17ClO3S/c19-15-8-6-13(7-9-15)16(20)12-17(23-11-10-18(21)22)14-4-2-1-3-5-14/h1-9,17H,10-12H2,(H,21,22)/p-1/t17-/m1/s1. The van der Waals surface area contributed by atoms with Crippen molar-refractivity contribution in [3.8, 4) is 0 Å². The molecule has 2 aromatic rings. The Morgan fingerprint density at radius 3 is 2.30 bits per heavy atom. The van der Waals surface area contributed by atoms with Crippen LogP contribution < -0.4 is 5.11 Å². The minimum Gasteiger partial charge on any atom is -0.550 e. The molecule has 0 amide bonds. The fourth-order valence-electron chi connectivity index (χ4n) is 2.15. The Labute approximate surface area is 144 Å². The van der Waals surface area contributed by atoms with Crippen LogP contribution in [0.2, 0.25) is 5.02 Å². The fourth-order valence-corrected chi connectivity index (χ4v) is 3.46. The lowest BCUT2D eigenvalue weighted by Crippen LogP contribution is -2.22. The van der Waals surface area contributed by atoms with Crippen LogP contribution in [0.4, 0.5) is 0 Å². The second-order valence-electron chi connectivity index (χ2n) is 5.03. The van der Waals surface area contributed by atoms with E-state index in [9.17, 15) is 14.7 Å². The first kappa shape index (κ1) is 17.6. The highest BCUT2D eigenvalue weighted by Gasteiger charge is 2.17. The summed E-state index contributed by atoms with van der Waals surface area (Å²) in [7, 11) is 0. The van der Waals surface area contributed by atoms with Crippen LogP contribution in [0.1, 0.15) is 34.0 Å². The summed E-state index contributed by atoms with van der Waals surface area (Å²) in [5.74, 6) is -0.652. The van der Waals surface area contributed by atoms with Crippen molar-refractivity contribution in [3.05, 3.63) is 70.7 Å². The van der Waals surface area contributed by atoms with Gasteiger partial charge in [-0.2, -0.15) is 11.8 Å². The van der Waals surface area contributed by atoms with Crippen molar-refractivity contribution in [3.63, 3.8) is 0 Å². The molecule has 0 heterocycles. The summed E-state index contributed by atoms with van der Waals surface area (Å²) in [5.41, 5.74) is 1.62. The molecule has 0 aliphatic carbocycles. The van der Waals surface area contributed by atoms with Crippen LogP contribution in [0.15, 0.2) is 54.6 Å². The molecule has 0 saturated heterocycles. The summed E-state index contributed by atoms with van der Waals surface area (Å²) < 4.78 is 0. The van der Waals surface area contributed by atoms with E-state index < -0.39 is 5.97 Å². The normalized spacial score (nSPS) is 11.9. The Balaban J connectivity index is 2.08. The van der Waals surface area contributed by atoms with Crippen LogP contribution in [0, 0.1) is 0 Å². The highest BCUT2D eigenvalue weighted by Crippen LogP contribution is 2.33. The van der Waals surface area contributed by atoms with Crippen LogP contribution in [-0.2, 0) is 4.79 Å². The van der Waals surface area contributed by atoms with Crippen LogP contribution in [0.5, 0.6) is 0 Å². The number of Topliss-reactive ketones (excluding diaryl/α,β-unsaturated/α-hetero) is 1. The van der Waals surface area contributed by atoms with Crippen molar-refractivity contribution < 1.29 is 14.7 Å². The average Bonchev–Trinajstić information content (AvgIpc) is 2.55. The lowest BCUT2D eigenvalue weighted by Gasteiger charge is -2.17. The number of halogens is 1. The quantitative estimate of drug-likeness (QED) is 0.685. The third-order valence-electron chi connectivity index (χ3n) is 3.33. The van der Waals surface area contributed by atoms with Gasteiger partial charge in [0.1, 0.15) is 0 Å². The third-order valence-corrected chi connectivity index (χ3v) is 4.87. The van der Waals surface area contributed by atoms with Crippen molar-refractivity contribution in [2.75, 3.05) is 5.75 Å². The van der Waals surface area contributed by atoms with E-state index in [1.807, 2.05) is 30.3 Å². The molecule has 0 unspecified atom stereocenters. The van der Waals surface area contributed by atoms with Gasteiger partial charge in [0, 0.05) is 28.2 Å². The fraction of sp³-hybridized carbons (Fsp3) is 0.222. The number of ketones is 1. The maximum atomic E-state index is 12.5. The molecule has 0 saturated carbocycles. The molecular formula is C18H16ClO3S-. The van der Waals surface area contributed by atoms with Crippen molar-refractivity contribution in [1.82, 2.24) is 0 Å². The maximum absolute atomic E-state index is 12.5. The molecule has 0 aliphatic heterocycles. The molecule has 23 heavy (non-hydrogen) atoms. The van der Waals surface area contributed by atoms with Crippen molar-refractivity contribution in [2.24, 2.45) is 0 Å². The molecule has 1 atom stereocenters. The molecule has 3 nitrogen and oxygen atoms in total. The lowest BCUT2D eigenvalue weighted by atomic mass is 10.0. The van der Waals surface area contributed by atoms with E-state index in [1.54, 1.807) is 24.3 Å². The highest BCUT2D eigenvalue weighted by molar-refractivity contribution is 7.99. The highest BCUT2D eigenvalue weighted by atomic mass is 35.5. The monoisotopic (exact) mass is 347 g/mol. The van der Waals surface area contributed by atoms with E-state index >= 15 is 0 Å². The zero-order valence-electron chi connectivity index (χ0n) is 12.4. The van der Waals surface area contributed by atoms with Gasteiger partial charge in [0.25, 0.3) is 0 Å². The average molecular weight is 348 g/mol. The number of benzene rings is 2. The molecule has 0 fully saturated rings. The van der Waals surface area contributed by atoms with Gasteiger partial charge in [0.05, 0.1) is 0 Å². The van der Waals surface area contributed by atoms with E-state index in [2.05, 4.69) is 0 Å². The number of rotatable bonds is 8. The smallest absolute Gasteiger partial charge is 0.164 e. The van der Waals surface area contributed by atoms with Crippen LogP contribution >= 0.6 is 23.4 Å². The molecule has 0 spiro atoms. The minimum absolute atomic E-state index is 0.0106. The zero-order valence-corrected chi connectivity index (χ0v) is 14.0. The van der Waals surface area contributed by atoms with Gasteiger partial charge in [-0.3, -0.25) is 4.79 Å². The molecule has 0 bridgehead atoms. The number of aliphatic carboxylic acids is 1. The maximum Gasteiger partial charge on any atom is 0.164 e. The van der Waals surface area contributed by atoms with E-state index in [-0.39, 0.29) is 17.5 Å². The van der Waals surface area contributed by atoms with Crippen LogP contribution in [0.3, 0.4) is 0 Å². The van der Waals surface area contributed by atoms with Gasteiger partial charge in [-0.15, -0.1) is 0 Å². The van der Waals surface area contributed by atoms with Gasteiger partial charge < -0.3 is 9.90 Å². The summed E-state index contributed by atoms with van der Waals surface area (Å²) in [6.45, 7) is 0. The van der Waals surface area contributed by atoms with E-state index in [1.165, 1.54) is 11.8 Å². The van der Waals surface area contributed by atoms with Gasteiger partial charge in [0.15, 0.2) is 5.78 Å². The van der Waals surface area contributed by atoms with Gasteiger partial charge in [-0.05, 0) is 42.0 Å². The summed E-state index contributed by atoms with van der Waals surface area (Å²) >= 11 is 7.30. The Morgan fingerprint density at radius 2 is 1.70 bits per heavy atom. The lowest BCUT2D eigenvalue weighted by molar-refractivity contribution is -0.305. The molecule has 0 aliphatic rings. The number of hydrogen-bond donors (Lipinski definition) is 0.